The van der Waals surface area contributed by atoms with E-state index in [1.165, 1.54) is 64.2 Å². The molecule has 334 valence electrons. The molecule has 0 fully saturated rings. The van der Waals surface area contributed by atoms with Crippen molar-refractivity contribution in [1.29, 1.82) is 0 Å². The van der Waals surface area contributed by atoms with Gasteiger partial charge in [0, 0.05) is 19.3 Å². The van der Waals surface area contributed by atoms with Gasteiger partial charge in [-0.15, -0.1) is 0 Å². The molecule has 0 heterocycles. The largest absolute Gasteiger partial charge is 0.462 e. The molecule has 0 aromatic carbocycles. The highest BCUT2D eigenvalue weighted by Crippen LogP contribution is 2.14. The molecule has 0 rings (SSSR count). The second-order valence-corrected chi connectivity index (χ2v) is 16.0. The van der Waals surface area contributed by atoms with Gasteiger partial charge in [0.25, 0.3) is 0 Å². The summed E-state index contributed by atoms with van der Waals surface area (Å²) in [6.45, 7) is 6.43. The normalized spacial score (nSPS) is 12.5. The van der Waals surface area contributed by atoms with Gasteiger partial charge < -0.3 is 14.2 Å². The summed E-state index contributed by atoms with van der Waals surface area (Å²) >= 11 is 0. The first-order valence-corrected chi connectivity index (χ1v) is 24.3. The van der Waals surface area contributed by atoms with Gasteiger partial charge in [-0.1, -0.05) is 197 Å². The zero-order valence-electron chi connectivity index (χ0n) is 38.0. The van der Waals surface area contributed by atoms with E-state index in [9.17, 15) is 14.4 Å². The van der Waals surface area contributed by atoms with Gasteiger partial charge in [0.1, 0.15) is 13.2 Å². The highest BCUT2D eigenvalue weighted by atomic mass is 16.6. The maximum atomic E-state index is 12.7. The SMILES string of the molecule is CC/C=C\C/C=C\C/C=C\CCCCCCCC(=O)OCC(COC(=O)CCCCCCCCCCCCCC)OC(=O)CCCCCCC/C=C\C/C=C\CCC. The summed E-state index contributed by atoms with van der Waals surface area (Å²) in [5.74, 6) is -0.916. The second kappa shape index (κ2) is 46.8. The van der Waals surface area contributed by atoms with E-state index in [4.69, 9.17) is 14.2 Å². The molecular formula is C52H90O6. The number of carbonyl (C=O) groups is 3. The molecule has 0 radical (unpaired) electrons. The number of esters is 3. The predicted octanol–water partition coefficient (Wildman–Crippen LogP) is 15.7. The van der Waals surface area contributed by atoms with Gasteiger partial charge in [0.2, 0.25) is 0 Å². The van der Waals surface area contributed by atoms with Crippen molar-refractivity contribution in [2.45, 2.75) is 239 Å². The van der Waals surface area contributed by atoms with Crippen LogP contribution in [0.2, 0.25) is 0 Å². The number of carbonyl (C=O) groups excluding carboxylic acids is 3. The van der Waals surface area contributed by atoms with Crippen molar-refractivity contribution in [3.05, 3.63) is 60.8 Å². The van der Waals surface area contributed by atoms with Crippen molar-refractivity contribution in [1.82, 2.24) is 0 Å². The minimum absolute atomic E-state index is 0.0843. The fraction of sp³-hybridized carbons (Fsp3) is 0.750. The molecule has 0 saturated carbocycles. The lowest BCUT2D eigenvalue weighted by Crippen LogP contribution is -2.30. The third-order valence-electron chi connectivity index (χ3n) is 10.2. The lowest BCUT2D eigenvalue weighted by Gasteiger charge is -2.18. The molecule has 0 bridgehead atoms. The number of ether oxygens (including phenoxy) is 3. The Kier molecular flexibility index (Phi) is 44.5. The van der Waals surface area contributed by atoms with Crippen molar-refractivity contribution < 1.29 is 28.6 Å². The van der Waals surface area contributed by atoms with Crippen LogP contribution in [0, 0.1) is 0 Å². The number of hydrogen-bond acceptors (Lipinski definition) is 6. The Labute approximate surface area is 358 Å². The van der Waals surface area contributed by atoms with Crippen LogP contribution in [-0.2, 0) is 28.6 Å². The average Bonchev–Trinajstić information content (AvgIpc) is 3.22. The van der Waals surface area contributed by atoms with E-state index in [0.29, 0.717) is 19.3 Å². The van der Waals surface area contributed by atoms with Crippen LogP contribution >= 0.6 is 0 Å². The van der Waals surface area contributed by atoms with Crippen molar-refractivity contribution in [3.63, 3.8) is 0 Å². The second-order valence-electron chi connectivity index (χ2n) is 16.0. The quantitative estimate of drug-likeness (QED) is 0.0264. The smallest absolute Gasteiger partial charge is 0.306 e. The minimum atomic E-state index is -0.785. The summed E-state index contributed by atoms with van der Waals surface area (Å²) in [6, 6.07) is 0. The van der Waals surface area contributed by atoms with Gasteiger partial charge in [-0.3, -0.25) is 14.4 Å². The molecule has 0 spiro atoms. The van der Waals surface area contributed by atoms with Gasteiger partial charge in [-0.05, 0) is 77.0 Å². The topological polar surface area (TPSA) is 78.9 Å². The van der Waals surface area contributed by atoms with Crippen molar-refractivity contribution in [2.75, 3.05) is 13.2 Å². The summed E-state index contributed by atoms with van der Waals surface area (Å²) in [6.07, 6.45) is 56.2. The molecule has 0 aliphatic carbocycles. The minimum Gasteiger partial charge on any atom is -0.462 e. The Hall–Kier alpha value is -2.89. The zero-order valence-corrected chi connectivity index (χ0v) is 38.0. The first-order chi connectivity index (χ1) is 28.5. The van der Waals surface area contributed by atoms with Gasteiger partial charge in [-0.2, -0.15) is 0 Å². The van der Waals surface area contributed by atoms with Crippen molar-refractivity contribution >= 4 is 17.9 Å². The molecule has 0 saturated heterocycles. The Balaban J connectivity index is 4.42. The van der Waals surface area contributed by atoms with E-state index < -0.39 is 6.10 Å². The van der Waals surface area contributed by atoms with Crippen LogP contribution in [0.4, 0.5) is 0 Å². The molecule has 6 heteroatoms. The fourth-order valence-corrected chi connectivity index (χ4v) is 6.61. The molecule has 0 N–H and O–H groups in total. The van der Waals surface area contributed by atoms with Crippen molar-refractivity contribution in [3.8, 4) is 0 Å². The Bertz CT molecular complexity index is 1070. The van der Waals surface area contributed by atoms with Crippen LogP contribution in [0.15, 0.2) is 60.8 Å². The van der Waals surface area contributed by atoms with Gasteiger partial charge in [0.15, 0.2) is 6.10 Å². The monoisotopic (exact) mass is 811 g/mol. The molecular weight excluding hydrogens is 721 g/mol. The number of allylic oxidation sites excluding steroid dienone is 10. The Morgan fingerprint density at radius 3 is 1.12 bits per heavy atom. The lowest BCUT2D eigenvalue weighted by molar-refractivity contribution is -0.167. The van der Waals surface area contributed by atoms with Crippen LogP contribution in [0.5, 0.6) is 0 Å². The summed E-state index contributed by atoms with van der Waals surface area (Å²) in [5, 5.41) is 0. The Morgan fingerprint density at radius 1 is 0.362 bits per heavy atom. The Morgan fingerprint density at radius 2 is 0.707 bits per heavy atom. The summed E-state index contributed by atoms with van der Waals surface area (Å²) < 4.78 is 16.7. The van der Waals surface area contributed by atoms with Crippen LogP contribution in [0.25, 0.3) is 0 Å². The molecule has 0 amide bonds. The predicted molar refractivity (Wildman–Crippen MR) is 247 cm³/mol. The molecule has 0 aliphatic heterocycles. The van der Waals surface area contributed by atoms with Crippen LogP contribution in [0.1, 0.15) is 233 Å². The molecule has 0 aromatic rings. The van der Waals surface area contributed by atoms with Crippen LogP contribution in [0.3, 0.4) is 0 Å². The summed E-state index contributed by atoms with van der Waals surface area (Å²) in [7, 11) is 0. The van der Waals surface area contributed by atoms with E-state index >= 15 is 0 Å². The molecule has 6 nitrogen and oxygen atoms in total. The van der Waals surface area contributed by atoms with E-state index in [-0.39, 0.29) is 31.1 Å². The highest BCUT2D eigenvalue weighted by Gasteiger charge is 2.19. The van der Waals surface area contributed by atoms with Gasteiger partial charge in [-0.25, -0.2) is 0 Å². The van der Waals surface area contributed by atoms with Crippen LogP contribution in [-0.4, -0.2) is 37.2 Å². The van der Waals surface area contributed by atoms with E-state index in [1.54, 1.807) is 0 Å². The zero-order chi connectivity index (χ0) is 42.3. The maximum absolute atomic E-state index is 12.7. The average molecular weight is 811 g/mol. The van der Waals surface area contributed by atoms with Gasteiger partial charge >= 0.3 is 17.9 Å². The van der Waals surface area contributed by atoms with E-state index in [2.05, 4.69) is 81.5 Å². The van der Waals surface area contributed by atoms with Gasteiger partial charge in [0.05, 0.1) is 0 Å². The fourth-order valence-electron chi connectivity index (χ4n) is 6.61. The first-order valence-electron chi connectivity index (χ1n) is 24.3. The van der Waals surface area contributed by atoms with E-state index in [1.807, 2.05) is 0 Å². The van der Waals surface area contributed by atoms with Crippen LogP contribution < -0.4 is 0 Å². The third kappa shape index (κ3) is 44.2. The summed E-state index contributed by atoms with van der Waals surface area (Å²) in [4.78, 5) is 37.8. The lowest BCUT2D eigenvalue weighted by atomic mass is 10.0. The number of rotatable bonds is 43. The molecule has 1 atom stereocenters. The first kappa shape index (κ1) is 55.1. The highest BCUT2D eigenvalue weighted by molar-refractivity contribution is 5.71. The van der Waals surface area contributed by atoms with E-state index in [0.717, 1.165) is 128 Å². The third-order valence-corrected chi connectivity index (χ3v) is 10.2. The molecule has 1 unspecified atom stereocenters. The molecule has 58 heavy (non-hydrogen) atoms. The number of hydrogen-bond donors (Lipinski definition) is 0. The maximum Gasteiger partial charge on any atom is 0.306 e. The molecule has 0 aromatic heterocycles. The van der Waals surface area contributed by atoms with Crippen molar-refractivity contribution in [2.24, 2.45) is 0 Å². The summed E-state index contributed by atoms with van der Waals surface area (Å²) in [5.41, 5.74) is 0. The number of unbranched alkanes of at least 4 members (excludes halogenated alkanes) is 22. The standard InChI is InChI=1S/C52H90O6/c1-4-7-10-13-16-19-22-25-26-28-30-33-36-39-42-45-51(54)57-48-49(47-56-50(53)44-41-38-35-32-29-24-21-18-15-12-9-6-3)58-52(55)46-43-40-37-34-31-27-23-20-17-14-11-8-5-2/h7,10-11,14,16,19-20,23,25-26,49H,4-6,8-9,12-13,15,17-18,21-22,24,27-48H2,1-3H3/b10-7-,14-11-,19-16-,23-20-,26-25-. The molecule has 0 aliphatic rings.